The molecular weight excluding hydrogens is 316 g/mol. The molecule has 0 aliphatic carbocycles. The number of rotatable bonds is 7. The number of amides is 2. The first-order valence-corrected chi connectivity index (χ1v) is 8.36. The second-order valence-electron chi connectivity index (χ2n) is 6.27. The molecule has 0 aromatic heterocycles. The lowest BCUT2D eigenvalue weighted by Gasteiger charge is -2.09. The molecule has 0 unspecified atom stereocenters. The molecule has 2 N–H and O–H groups in total. The van der Waals surface area contributed by atoms with Gasteiger partial charge in [0.2, 0.25) is 5.91 Å². The molecule has 2 aromatic rings. The zero-order chi connectivity index (χ0) is 18.2. The maximum Gasteiger partial charge on any atom is 0.255 e. The maximum atomic E-state index is 12.3. The van der Waals surface area contributed by atoms with Crippen LogP contribution in [0.5, 0.6) is 5.75 Å². The van der Waals surface area contributed by atoms with Crippen molar-refractivity contribution in [1.29, 1.82) is 0 Å². The van der Waals surface area contributed by atoms with E-state index in [9.17, 15) is 9.59 Å². The van der Waals surface area contributed by atoms with Crippen molar-refractivity contribution >= 4 is 23.2 Å². The quantitative estimate of drug-likeness (QED) is 0.788. The van der Waals surface area contributed by atoms with E-state index in [-0.39, 0.29) is 11.8 Å². The summed E-state index contributed by atoms with van der Waals surface area (Å²) in [6.45, 7) is 6.43. The molecule has 0 bridgehead atoms. The number of benzene rings is 2. The molecular formula is C20H24N2O3. The summed E-state index contributed by atoms with van der Waals surface area (Å²) < 4.78 is 5.65. The van der Waals surface area contributed by atoms with Crippen LogP contribution in [-0.4, -0.2) is 18.4 Å². The van der Waals surface area contributed by atoms with Crippen LogP contribution in [0.15, 0.2) is 48.5 Å². The summed E-state index contributed by atoms with van der Waals surface area (Å²) in [6.07, 6.45) is 0.997. The molecule has 0 spiro atoms. The summed E-state index contributed by atoms with van der Waals surface area (Å²) in [4.78, 5) is 23.3. The standard InChI is InChI=1S/C20H24N2O3/c1-14(2)12-13-25-19-10-4-16(5-11-19)20(24)22-18-8-6-17(7-9-18)21-15(3)23/h4-11,14H,12-13H2,1-3H3,(H,21,23)(H,22,24). The second-order valence-corrected chi connectivity index (χ2v) is 6.27. The Morgan fingerprint density at radius 3 is 2.00 bits per heavy atom. The first-order valence-electron chi connectivity index (χ1n) is 8.36. The van der Waals surface area contributed by atoms with Crippen LogP contribution in [0.1, 0.15) is 37.6 Å². The van der Waals surface area contributed by atoms with E-state index >= 15 is 0 Å². The van der Waals surface area contributed by atoms with Gasteiger partial charge in [-0.15, -0.1) is 0 Å². The summed E-state index contributed by atoms with van der Waals surface area (Å²) in [7, 11) is 0. The molecule has 2 rings (SSSR count). The number of hydrogen-bond acceptors (Lipinski definition) is 3. The SMILES string of the molecule is CC(=O)Nc1ccc(NC(=O)c2ccc(OCCC(C)C)cc2)cc1. The van der Waals surface area contributed by atoms with Crippen LogP contribution in [-0.2, 0) is 4.79 Å². The Bertz CT molecular complexity index is 707. The predicted octanol–water partition coefficient (Wildman–Crippen LogP) is 4.32. The molecule has 2 amide bonds. The zero-order valence-corrected chi connectivity index (χ0v) is 14.8. The van der Waals surface area contributed by atoms with E-state index in [0.29, 0.717) is 29.5 Å². The fourth-order valence-electron chi connectivity index (χ4n) is 2.16. The van der Waals surface area contributed by atoms with Gasteiger partial charge in [-0.05, 0) is 60.9 Å². The number of hydrogen-bond donors (Lipinski definition) is 2. The summed E-state index contributed by atoms with van der Waals surface area (Å²) in [6, 6.07) is 14.0. The largest absolute Gasteiger partial charge is 0.494 e. The highest BCUT2D eigenvalue weighted by Crippen LogP contribution is 2.17. The van der Waals surface area contributed by atoms with Gasteiger partial charge in [0.25, 0.3) is 5.91 Å². The predicted molar refractivity (Wildman–Crippen MR) is 100 cm³/mol. The van der Waals surface area contributed by atoms with Gasteiger partial charge >= 0.3 is 0 Å². The van der Waals surface area contributed by atoms with Crippen molar-refractivity contribution in [3.05, 3.63) is 54.1 Å². The molecule has 0 heterocycles. The zero-order valence-electron chi connectivity index (χ0n) is 14.8. The van der Waals surface area contributed by atoms with Gasteiger partial charge in [0.1, 0.15) is 5.75 Å². The Balaban J connectivity index is 1.90. The van der Waals surface area contributed by atoms with Crippen molar-refractivity contribution in [2.75, 3.05) is 17.2 Å². The average Bonchev–Trinajstić information content (AvgIpc) is 2.56. The molecule has 0 saturated heterocycles. The average molecular weight is 340 g/mol. The third-order valence-electron chi connectivity index (χ3n) is 3.54. The Hall–Kier alpha value is -2.82. The van der Waals surface area contributed by atoms with Crippen LogP contribution in [0.4, 0.5) is 11.4 Å². The summed E-state index contributed by atoms with van der Waals surface area (Å²) in [5.41, 5.74) is 1.91. The maximum absolute atomic E-state index is 12.3. The van der Waals surface area contributed by atoms with Crippen molar-refractivity contribution in [3.63, 3.8) is 0 Å². The molecule has 2 aromatic carbocycles. The van der Waals surface area contributed by atoms with Crippen LogP contribution in [0.2, 0.25) is 0 Å². The molecule has 0 radical (unpaired) electrons. The van der Waals surface area contributed by atoms with Gasteiger partial charge < -0.3 is 15.4 Å². The van der Waals surface area contributed by atoms with Crippen molar-refractivity contribution in [2.24, 2.45) is 5.92 Å². The number of carbonyl (C=O) groups is 2. The minimum atomic E-state index is -0.194. The van der Waals surface area contributed by atoms with Crippen molar-refractivity contribution in [1.82, 2.24) is 0 Å². The lowest BCUT2D eigenvalue weighted by Crippen LogP contribution is -2.12. The molecule has 25 heavy (non-hydrogen) atoms. The summed E-state index contributed by atoms with van der Waals surface area (Å²) in [5.74, 6) is 1.03. The lowest BCUT2D eigenvalue weighted by molar-refractivity contribution is -0.114. The summed E-state index contributed by atoms with van der Waals surface area (Å²) in [5, 5.41) is 5.51. The molecule has 0 fully saturated rings. The monoisotopic (exact) mass is 340 g/mol. The summed E-state index contributed by atoms with van der Waals surface area (Å²) >= 11 is 0. The molecule has 0 aliphatic rings. The third kappa shape index (κ3) is 6.30. The molecule has 132 valence electrons. The van der Waals surface area contributed by atoms with Crippen molar-refractivity contribution in [3.8, 4) is 5.75 Å². The minimum absolute atomic E-state index is 0.132. The Labute approximate surface area is 148 Å². The van der Waals surface area contributed by atoms with Crippen molar-refractivity contribution < 1.29 is 14.3 Å². The van der Waals surface area contributed by atoms with Gasteiger partial charge in [-0.1, -0.05) is 13.8 Å². The van der Waals surface area contributed by atoms with Crippen molar-refractivity contribution in [2.45, 2.75) is 27.2 Å². The Morgan fingerprint density at radius 1 is 0.920 bits per heavy atom. The highest BCUT2D eigenvalue weighted by Gasteiger charge is 2.07. The Kier molecular flexibility index (Phi) is 6.57. The smallest absolute Gasteiger partial charge is 0.255 e. The van der Waals surface area contributed by atoms with Crippen LogP contribution in [0.3, 0.4) is 0 Å². The van der Waals surface area contributed by atoms with Gasteiger partial charge in [0, 0.05) is 23.9 Å². The first-order chi connectivity index (χ1) is 11.9. The van der Waals surface area contributed by atoms with Gasteiger partial charge in [-0.3, -0.25) is 9.59 Å². The number of ether oxygens (including phenoxy) is 1. The van der Waals surface area contributed by atoms with Crippen LogP contribution >= 0.6 is 0 Å². The second kappa shape index (κ2) is 8.87. The fourth-order valence-corrected chi connectivity index (χ4v) is 2.16. The normalized spacial score (nSPS) is 10.4. The van der Waals surface area contributed by atoms with Gasteiger partial charge in [-0.2, -0.15) is 0 Å². The van der Waals surface area contributed by atoms with Crippen LogP contribution in [0, 0.1) is 5.92 Å². The van der Waals surface area contributed by atoms with E-state index in [1.807, 2.05) is 0 Å². The lowest BCUT2D eigenvalue weighted by atomic mass is 10.1. The molecule has 0 atom stereocenters. The van der Waals surface area contributed by atoms with Gasteiger partial charge in [-0.25, -0.2) is 0 Å². The van der Waals surface area contributed by atoms with Crippen LogP contribution in [0.25, 0.3) is 0 Å². The van der Waals surface area contributed by atoms with E-state index in [2.05, 4.69) is 24.5 Å². The molecule has 5 heteroatoms. The number of anilines is 2. The molecule has 0 saturated carbocycles. The minimum Gasteiger partial charge on any atom is -0.494 e. The topological polar surface area (TPSA) is 67.4 Å². The van der Waals surface area contributed by atoms with E-state index < -0.39 is 0 Å². The number of nitrogens with one attached hydrogen (secondary N) is 2. The third-order valence-corrected chi connectivity index (χ3v) is 3.54. The fraction of sp³-hybridized carbons (Fsp3) is 0.300. The van der Waals surface area contributed by atoms with Gasteiger partial charge in [0.15, 0.2) is 0 Å². The Morgan fingerprint density at radius 2 is 1.48 bits per heavy atom. The highest BCUT2D eigenvalue weighted by molar-refractivity contribution is 6.04. The molecule has 5 nitrogen and oxygen atoms in total. The van der Waals surface area contributed by atoms with E-state index in [4.69, 9.17) is 4.74 Å². The van der Waals surface area contributed by atoms with Gasteiger partial charge in [0.05, 0.1) is 6.61 Å². The van der Waals surface area contributed by atoms with E-state index in [0.717, 1.165) is 12.2 Å². The van der Waals surface area contributed by atoms with E-state index in [1.54, 1.807) is 48.5 Å². The van der Waals surface area contributed by atoms with Crippen LogP contribution < -0.4 is 15.4 Å². The first kappa shape index (κ1) is 18.5. The highest BCUT2D eigenvalue weighted by atomic mass is 16.5. The van der Waals surface area contributed by atoms with E-state index in [1.165, 1.54) is 6.92 Å². The molecule has 0 aliphatic heterocycles. The number of carbonyl (C=O) groups excluding carboxylic acids is 2.